The van der Waals surface area contributed by atoms with Crippen LogP contribution in [0, 0.1) is 0 Å². The average molecular weight is 688 g/mol. The van der Waals surface area contributed by atoms with E-state index in [1.165, 1.54) is 17.6 Å². The number of likely N-dealkylation sites (N-methyl/N-ethyl adjacent to an activating group) is 1. The van der Waals surface area contributed by atoms with Gasteiger partial charge in [-0.05, 0) is 7.05 Å². The molecule has 0 radical (unpaired) electrons. The van der Waals surface area contributed by atoms with Gasteiger partial charge in [0.15, 0.2) is 0 Å². The number of alkyl halides is 3. The highest BCUT2D eigenvalue weighted by Gasteiger charge is 2.35. The molecule has 0 aliphatic carbocycles. The number of hydrogen-bond acceptors (Lipinski definition) is 1. The molecule has 1 fully saturated rings. The predicted molar refractivity (Wildman–Crippen MR) is 125 cm³/mol. The second kappa shape index (κ2) is 24.2. The minimum atomic E-state index is 0. The summed E-state index contributed by atoms with van der Waals surface area (Å²) in [6.07, 6.45) is 0. The topological polar surface area (TPSA) is 3.24 Å². The molecule has 128 valence electrons. The van der Waals surface area contributed by atoms with Gasteiger partial charge in [-0.15, -0.1) is 58.8 Å². The first kappa shape index (κ1) is 30.8. The molecule has 0 aromatic rings. The van der Waals surface area contributed by atoms with Crippen molar-refractivity contribution < 1.29 is 4.48 Å². The van der Waals surface area contributed by atoms with Gasteiger partial charge in [0.05, 0.1) is 19.5 Å². The summed E-state index contributed by atoms with van der Waals surface area (Å²) < 4.78 is 1.21. The Balaban J connectivity index is -0.0000000986. The van der Waals surface area contributed by atoms with Gasteiger partial charge in [0.1, 0.15) is 13.1 Å². The standard InChI is InChI=1S/C5H11Cl2N.C5H11ClN.C2H6.I2.HI/c1-8(4-2-6)5-3-7;1-7(3-2-6)4-5-7;2*1-2;/h2-5H2,1H3;2-5H2,1H3;1-2H3;;1H/q;+1;;;. The molecular weight excluding hydrogens is 659 g/mol. The van der Waals surface area contributed by atoms with Crippen LogP contribution in [0.15, 0.2) is 0 Å². The van der Waals surface area contributed by atoms with E-state index in [2.05, 4.69) is 49.2 Å². The number of rotatable bonds is 6. The van der Waals surface area contributed by atoms with Gasteiger partial charge in [-0.25, -0.2) is 0 Å². The first-order valence-electron chi connectivity index (χ1n) is 6.42. The second-order valence-corrected chi connectivity index (χ2v) is 5.29. The van der Waals surface area contributed by atoms with Gasteiger partial charge in [0.2, 0.25) is 0 Å². The molecule has 20 heavy (non-hydrogen) atoms. The lowest BCUT2D eigenvalue weighted by Crippen LogP contribution is -2.22. The quantitative estimate of drug-likeness (QED) is 0.155. The van der Waals surface area contributed by atoms with Gasteiger partial charge in [0, 0.05) is 62.1 Å². The fourth-order valence-corrected chi connectivity index (χ4v) is 1.98. The van der Waals surface area contributed by atoms with Crippen molar-refractivity contribution in [3.8, 4) is 0 Å². The van der Waals surface area contributed by atoms with Crippen LogP contribution in [-0.2, 0) is 0 Å². The summed E-state index contributed by atoms with van der Waals surface area (Å²) in [7, 11) is 4.24. The van der Waals surface area contributed by atoms with Crippen molar-refractivity contribution in [1.82, 2.24) is 4.90 Å². The van der Waals surface area contributed by atoms with Crippen LogP contribution >= 0.6 is 96.0 Å². The molecule has 0 spiro atoms. The predicted octanol–water partition coefficient (Wildman–Crippen LogP) is 5.50. The fourth-order valence-electron chi connectivity index (χ4n) is 0.999. The lowest BCUT2D eigenvalue weighted by atomic mass is 10.6. The maximum atomic E-state index is 5.51. The van der Waals surface area contributed by atoms with Crippen LogP contribution in [0.2, 0.25) is 0 Å². The largest absolute Gasteiger partial charge is 0.316 e. The Morgan fingerprint density at radius 1 is 0.950 bits per heavy atom. The molecule has 0 saturated carbocycles. The van der Waals surface area contributed by atoms with Crippen LogP contribution in [0.1, 0.15) is 13.8 Å². The minimum Gasteiger partial charge on any atom is -0.316 e. The zero-order valence-electron chi connectivity index (χ0n) is 12.8. The molecular formula is C12H29Cl3I3N2+. The van der Waals surface area contributed by atoms with Gasteiger partial charge in [-0.2, -0.15) is 0 Å². The zero-order valence-corrected chi connectivity index (χ0v) is 21.8. The number of halogens is 6. The zero-order chi connectivity index (χ0) is 15.7. The van der Waals surface area contributed by atoms with E-state index in [-0.39, 0.29) is 24.0 Å². The molecule has 2 nitrogen and oxygen atoms in total. The lowest BCUT2D eigenvalue weighted by Gasteiger charge is -2.11. The molecule has 1 aliphatic heterocycles. The van der Waals surface area contributed by atoms with E-state index >= 15 is 0 Å². The number of nitrogens with zero attached hydrogens (tertiary/aromatic N) is 2. The van der Waals surface area contributed by atoms with Gasteiger partial charge >= 0.3 is 0 Å². The third-order valence-electron chi connectivity index (χ3n) is 2.54. The fraction of sp³-hybridized carbons (Fsp3) is 1.00. The maximum absolute atomic E-state index is 5.51. The van der Waals surface area contributed by atoms with Crippen molar-refractivity contribution in [2.24, 2.45) is 0 Å². The molecule has 0 amide bonds. The van der Waals surface area contributed by atoms with Crippen molar-refractivity contribution in [3.63, 3.8) is 0 Å². The number of hydrogen-bond donors (Lipinski definition) is 0. The summed E-state index contributed by atoms with van der Waals surface area (Å²) in [4.78, 5) is 2.10. The van der Waals surface area contributed by atoms with E-state index < -0.39 is 0 Å². The van der Waals surface area contributed by atoms with Gasteiger partial charge < -0.3 is 9.38 Å². The van der Waals surface area contributed by atoms with E-state index in [4.69, 9.17) is 34.8 Å². The Kier molecular flexibility index (Phi) is 37.3. The molecule has 0 aromatic carbocycles. The van der Waals surface area contributed by atoms with Crippen LogP contribution in [-0.4, -0.2) is 73.8 Å². The Morgan fingerprint density at radius 3 is 1.45 bits per heavy atom. The first-order chi connectivity index (χ1) is 9.08. The third-order valence-corrected chi connectivity index (χ3v) is 3.05. The smallest absolute Gasteiger partial charge is 0.128 e. The summed E-state index contributed by atoms with van der Waals surface area (Å²) >= 11 is 20.6. The lowest BCUT2D eigenvalue weighted by molar-refractivity contribution is -0.774. The second-order valence-electron chi connectivity index (χ2n) is 4.16. The average Bonchev–Trinajstić information content (AvgIpc) is 3.14. The normalized spacial score (nSPS) is 13.5. The maximum Gasteiger partial charge on any atom is 0.128 e. The van der Waals surface area contributed by atoms with E-state index in [1.54, 1.807) is 0 Å². The molecule has 1 saturated heterocycles. The van der Waals surface area contributed by atoms with Crippen molar-refractivity contribution >= 4 is 96.0 Å². The van der Waals surface area contributed by atoms with Crippen molar-refractivity contribution in [2.75, 3.05) is 64.5 Å². The number of quaternary nitrogens is 1. The SMILES string of the molecule is CC.CN(CCCl)CCCl.C[N+]1(CCCl)CC1.I.II. The van der Waals surface area contributed by atoms with Gasteiger partial charge in [-0.1, -0.05) is 13.8 Å². The molecule has 0 bridgehead atoms. The van der Waals surface area contributed by atoms with Crippen LogP contribution in [0.3, 0.4) is 0 Å². The molecule has 1 rings (SSSR count). The van der Waals surface area contributed by atoms with Crippen molar-refractivity contribution in [2.45, 2.75) is 13.8 Å². The van der Waals surface area contributed by atoms with Crippen LogP contribution in [0.25, 0.3) is 0 Å². The van der Waals surface area contributed by atoms with E-state index in [0.29, 0.717) is 11.8 Å². The van der Waals surface area contributed by atoms with Gasteiger partial charge in [0.25, 0.3) is 0 Å². The summed E-state index contributed by atoms with van der Waals surface area (Å²) in [6.45, 7) is 9.68. The Hall–Kier alpha value is 2.98. The van der Waals surface area contributed by atoms with Crippen molar-refractivity contribution in [3.05, 3.63) is 0 Å². The molecule has 8 heteroatoms. The summed E-state index contributed by atoms with van der Waals surface area (Å²) in [5.74, 6) is 2.19. The highest BCUT2D eigenvalue weighted by molar-refractivity contribution is 15.0. The highest BCUT2D eigenvalue weighted by Crippen LogP contribution is 2.15. The van der Waals surface area contributed by atoms with E-state index in [0.717, 1.165) is 25.5 Å². The molecule has 0 unspecified atom stereocenters. The highest BCUT2D eigenvalue weighted by atomic mass is 128. The van der Waals surface area contributed by atoms with Crippen molar-refractivity contribution in [1.29, 1.82) is 0 Å². The summed E-state index contributed by atoms with van der Waals surface area (Å²) in [5.41, 5.74) is 0. The van der Waals surface area contributed by atoms with Gasteiger partial charge in [-0.3, -0.25) is 0 Å². The van der Waals surface area contributed by atoms with Crippen LogP contribution in [0.4, 0.5) is 0 Å². The minimum absolute atomic E-state index is 0. The monoisotopic (exact) mass is 687 g/mol. The van der Waals surface area contributed by atoms with E-state index in [1.807, 2.05) is 20.9 Å². The summed E-state index contributed by atoms with van der Waals surface area (Å²) in [6, 6.07) is 0. The Labute approximate surface area is 181 Å². The Morgan fingerprint density at radius 2 is 1.30 bits per heavy atom. The molecule has 0 atom stereocenters. The third kappa shape index (κ3) is 25.9. The molecule has 0 N–H and O–H groups in total. The summed E-state index contributed by atoms with van der Waals surface area (Å²) in [5, 5.41) is 0. The van der Waals surface area contributed by atoms with E-state index in [9.17, 15) is 0 Å². The first-order valence-corrected chi connectivity index (χ1v) is 14.3. The van der Waals surface area contributed by atoms with Crippen LogP contribution < -0.4 is 0 Å². The molecule has 1 aliphatic rings. The molecule has 0 aromatic heterocycles. The Bertz CT molecular complexity index is 159. The van der Waals surface area contributed by atoms with Crippen LogP contribution in [0.5, 0.6) is 0 Å². The molecule has 1 heterocycles.